The van der Waals surface area contributed by atoms with Gasteiger partial charge in [0.25, 0.3) is 0 Å². The molecule has 0 radical (unpaired) electrons. The van der Waals surface area contributed by atoms with E-state index in [4.69, 9.17) is 0 Å². The van der Waals surface area contributed by atoms with Crippen LogP contribution in [-0.2, 0) is 7.05 Å². The number of hydrogen-bond donors (Lipinski definition) is 1. The van der Waals surface area contributed by atoms with Gasteiger partial charge in [-0.05, 0) is 6.07 Å². The van der Waals surface area contributed by atoms with Crippen LogP contribution in [0, 0.1) is 5.82 Å². The van der Waals surface area contributed by atoms with Gasteiger partial charge in [-0.2, -0.15) is 5.10 Å². The molecular weight excluding hydrogens is 197 g/mol. The van der Waals surface area contributed by atoms with Crippen molar-refractivity contribution in [3.05, 3.63) is 24.3 Å². The minimum atomic E-state index is -0.461. The Kier molecular flexibility index (Phi) is 2.32. The molecule has 0 aromatic carbocycles. The molecule has 0 aliphatic carbocycles. The molecule has 0 spiro atoms. The van der Waals surface area contributed by atoms with E-state index in [0.717, 1.165) is 6.20 Å². The highest BCUT2D eigenvalue weighted by Crippen LogP contribution is 2.19. The second-order valence-corrected chi connectivity index (χ2v) is 2.98. The molecule has 78 valence electrons. The van der Waals surface area contributed by atoms with Gasteiger partial charge in [0.1, 0.15) is 5.69 Å². The maximum absolute atomic E-state index is 13.5. The van der Waals surface area contributed by atoms with Crippen LogP contribution in [0.4, 0.5) is 10.3 Å². The van der Waals surface area contributed by atoms with Gasteiger partial charge in [-0.3, -0.25) is 4.68 Å². The van der Waals surface area contributed by atoms with Gasteiger partial charge in [-0.25, -0.2) is 14.4 Å². The highest BCUT2D eigenvalue weighted by molar-refractivity contribution is 5.56. The van der Waals surface area contributed by atoms with E-state index in [1.165, 1.54) is 0 Å². The van der Waals surface area contributed by atoms with Crippen LogP contribution in [0.15, 0.2) is 18.5 Å². The zero-order valence-corrected chi connectivity index (χ0v) is 8.40. The van der Waals surface area contributed by atoms with Crippen LogP contribution in [0.1, 0.15) is 0 Å². The van der Waals surface area contributed by atoms with Crippen molar-refractivity contribution in [3.63, 3.8) is 0 Å². The van der Waals surface area contributed by atoms with Gasteiger partial charge >= 0.3 is 0 Å². The fourth-order valence-corrected chi connectivity index (χ4v) is 1.27. The van der Waals surface area contributed by atoms with Crippen LogP contribution in [0.25, 0.3) is 11.4 Å². The number of halogens is 1. The smallest absolute Gasteiger partial charge is 0.223 e. The van der Waals surface area contributed by atoms with Crippen molar-refractivity contribution in [2.45, 2.75) is 0 Å². The Hall–Kier alpha value is -1.98. The maximum Gasteiger partial charge on any atom is 0.223 e. The predicted octanol–water partition coefficient (Wildman–Crippen LogP) is 1.06. The third kappa shape index (κ3) is 1.65. The summed E-state index contributed by atoms with van der Waals surface area (Å²) < 4.78 is 15.0. The van der Waals surface area contributed by atoms with Crippen molar-refractivity contribution in [2.75, 3.05) is 12.4 Å². The Labute approximate surface area is 86.0 Å². The lowest BCUT2D eigenvalue weighted by molar-refractivity contribution is 0.615. The predicted molar refractivity (Wildman–Crippen MR) is 53.7 cm³/mol. The van der Waals surface area contributed by atoms with E-state index < -0.39 is 5.82 Å². The molecule has 0 atom stereocenters. The van der Waals surface area contributed by atoms with Gasteiger partial charge in [-0.15, -0.1) is 0 Å². The van der Waals surface area contributed by atoms with Gasteiger partial charge in [0.2, 0.25) is 5.95 Å². The van der Waals surface area contributed by atoms with Gasteiger partial charge < -0.3 is 5.32 Å². The number of nitrogens with zero attached hydrogens (tertiary/aromatic N) is 4. The molecule has 0 amide bonds. The van der Waals surface area contributed by atoms with Crippen molar-refractivity contribution in [1.29, 1.82) is 0 Å². The Bertz CT molecular complexity index is 479. The molecule has 0 unspecified atom stereocenters. The van der Waals surface area contributed by atoms with Crippen LogP contribution in [0.2, 0.25) is 0 Å². The molecule has 0 aliphatic rings. The molecule has 2 rings (SSSR count). The monoisotopic (exact) mass is 207 g/mol. The molecule has 0 bridgehead atoms. The van der Waals surface area contributed by atoms with E-state index in [1.807, 2.05) is 0 Å². The zero-order chi connectivity index (χ0) is 10.8. The number of aromatic nitrogens is 4. The molecule has 5 nitrogen and oxygen atoms in total. The lowest BCUT2D eigenvalue weighted by Crippen LogP contribution is -2.02. The third-order valence-corrected chi connectivity index (χ3v) is 2.03. The summed E-state index contributed by atoms with van der Waals surface area (Å²) in [6.07, 6.45) is 2.73. The lowest BCUT2D eigenvalue weighted by atomic mass is 10.3. The molecule has 6 heteroatoms. The summed E-state index contributed by atoms with van der Waals surface area (Å²) >= 11 is 0. The molecule has 0 saturated heterocycles. The minimum absolute atomic E-state index is 0.245. The Morgan fingerprint density at radius 3 is 2.87 bits per heavy atom. The molecular formula is C9H10FN5. The van der Waals surface area contributed by atoms with Crippen molar-refractivity contribution in [1.82, 2.24) is 19.7 Å². The largest absolute Gasteiger partial charge is 0.357 e. The van der Waals surface area contributed by atoms with E-state index in [0.29, 0.717) is 11.6 Å². The van der Waals surface area contributed by atoms with Crippen molar-refractivity contribution >= 4 is 5.95 Å². The summed E-state index contributed by atoms with van der Waals surface area (Å²) in [5.74, 6) is -0.0785. The summed E-state index contributed by atoms with van der Waals surface area (Å²) in [5.41, 5.74) is 0.862. The number of rotatable bonds is 2. The van der Waals surface area contributed by atoms with Gasteiger partial charge in [0.15, 0.2) is 5.82 Å². The number of nitrogens with one attached hydrogen (secondary N) is 1. The van der Waals surface area contributed by atoms with E-state index >= 15 is 0 Å². The highest BCUT2D eigenvalue weighted by atomic mass is 19.1. The van der Waals surface area contributed by atoms with Crippen LogP contribution in [0.3, 0.4) is 0 Å². The topological polar surface area (TPSA) is 55.6 Å². The number of anilines is 1. The first kappa shape index (κ1) is 9.57. The molecule has 0 fully saturated rings. The summed E-state index contributed by atoms with van der Waals surface area (Å²) in [6.45, 7) is 0. The fraction of sp³-hybridized carbons (Fsp3) is 0.222. The van der Waals surface area contributed by atoms with E-state index in [9.17, 15) is 4.39 Å². The van der Waals surface area contributed by atoms with Crippen molar-refractivity contribution in [3.8, 4) is 11.4 Å². The van der Waals surface area contributed by atoms with Crippen LogP contribution in [0.5, 0.6) is 0 Å². The first-order valence-electron chi connectivity index (χ1n) is 4.41. The summed E-state index contributed by atoms with van der Waals surface area (Å²) in [5, 5.41) is 6.72. The SMILES string of the molecule is CNc1ncc(F)c(-c2ccnn2C)n1. The standard InChI is InChI=1S/C9H10FN5/c1-11-9-12-5-6(10)8(14-9)7-3-4-13-15(7)2/h3-5H,1-2H3,(H,11,12,14). The first-order chi connectivity index (χ1) is 7.22. The van der Waals surface area contributed by atoms with E-state index in [-0.39, 0.29) is 5.69 Å². The van der Waals surface area contributed by atoms with Crippen LogP contribution >= 0.6 is 0 Å². The summed E-state index contributed by atoms with van der Waals surface area (Å²) in [6, 6.07) is 1.70. The van der Waals surface area contributed by atoms with Gasteiger partial charge in [0.05, 0.1) is 11.9 Å². The minimum Gasteiger partial charge on any atom is -0.357 e. The fourth-order valence-electron chi connectivity index (χ4n) is 1.27. The molecule has 2 aromatic rings. The Morgan fingerprint density at radius 2 is 2.27 bits per heavy atom. The van der Waals surface area contributed by atoms with Gasteiger partial charge in [0, 0.05) is 20.3 Å². The lowest BCUT2D eigenvalue weighted by Gasteiger charge is -2.04. The van der Waals surface area contributed by atoms with Crippen LogP contribution < -0.4 is 5.32 Å². The summed E-state index contributed by atoms with van der Waals surface area (Å²) in [7, 11) is 3.41. The number of hydrogen-bond acceptors (Lipinski definition) is 4. The molecule has 0 aliphatic heterocycles. The average molecular weight is 207 g/mol. The first-order valence-corrected chi connectivity index (χ1v) is 4.41. The van der Waals surface area contributed by atoms with Crippen molar-refractivity contribution in [2.24, 2.45) is 7.05 Å². The molecule has 1 N–H and O–H groups in total. The number of aryl methyl sites for hydroxylation is 1. The Balaban J connectivity index is 2.56. The van der Waals surface area contributed by atoms with Crippen LogP contribution in [-0.4, -0.2) is 26.8 Å². The average Bonchev–Trinajstić information content (AvgIpc) is 2.65. The molecule has 2 aromatic heterocycles. The molecule has 15 heavy (non-hydrogen) atoms. The zero-order valence-electron chi connectivity index (χ0n) is 8.40. The quantitative estimate of drug-likeness (QED) is 0.800. The van der Waals surface area contributed by atoms with E-state index in [2.05, 4.69) is 20.4 Å². The molecule has 0 saturated carbocycles. The normalized spacial score (nSPS) is 10.3. The second kappa shape index (κ2) is 3.64. The van der Waals surface area contributed by atoms with E-state index in [1.54, 1.807) is 31.0 Å². The summed E-state index contributed by atoms with van der Waals surface area (Å²) in [4.78, 5) is 7.81. The highest BCUT2D eigenvalue weighted by Gasteiger charge is 2.11. The Morgan fingerprint density at radius 1 is 1.47 bits per heavy atom. The van der Waals surface area contributed by atoms with Gasteiger partial charge in [-0.1, -0.05) is 0 Å². The molecule has 2 heterocycles. The van der Waals surface area contributed by atoms with Crippen molar-refractivity contribution < 1.29 is 4.39 Å². The third-order valence-electron chi connectivity index (χ3n) is 2.03. The second-order valence-electron chi connectivity index (χ2n) is 2.98. The maximum atomic E-state index is 13.5.